The molecule has 0 unspecified atom stereocenters. The Bertz CT molecular complexity index is 575. The summed E-state index contributed by atoms with van der Waals surface area (Å²) < 4.78 is 1.79. The van der Waals surface area contributed by atoms with Crippen molar-refractivity contribution in [1.29, 1.82) is 0 Å². The largest absolute Gasteiger partial charge is 0.294 e. The molecule has 0 saturated heterocycles. The number of carbonyl (C=O) groups is 1. The molecule has 18 heavy (non-hydrogen) atoms. The molecule has 0 saturated carbocycles. The molecule has 0 radical (unpaired) electrons. The highest BCUT2D eigenvalue weighted by molar-refractivity contribution is 6.31. The first-order valence-corrected chi connectivity index (χ1v) is 6.22. The number of Topliss-reactive ketones (excluding diaryl/α,β-unsaturated/α-hetero) is 1. The highest BCUT2D eigenvalue weighted by atomic mass is 35.5. The maximum atomic E-state index is 12.0. The van der Waals surface area contributed by atoms with Gasteiger partial charge < -0.3 is 0 Å². The molecule has 1 aromatic heterocycles. The van der Waals surface area contributed by atoms with E-state index in [9.17, 15) is 4.79 Å². The Morgan fingerprint density at radius 2 is 2.17 bits per heavy atom. The maximum Gasteiger partial charge on any atom is 0.163 e. The molecule has 2 aromatic rings. The van der Waals surface area contributed by atoms with E-state index in [1.54, 1.807) is 16.9 Å². The molecule has 1 heterocycles. The van der Waals surface area contributed by atoms with Gasteiger partial charge in [-0.25, -0.2) is 0 Å². The molecule has 0 bridgehead atoms. The SMILES string of the molecule is Cc1ccc(C(=O)CCc2ccnn2C)cc1Cl. The summed E-state index contributed by atoms with van der Waals surface area (Å²) in [6.45, 7) is 1.92. The lowest BCUT2D eigenvalue weighted by molar-refractivity contribution is 0.0982. The van der Waals surface area contributed by atoms with Crippen LogP contribution in [-0.4, -0.2) is 15.6 Å². The van der Waals surface area contributed by atoms with Crippen LogP contribution in [0.4, 0.5) is 0 Å². The minimum absolute atomic E-state index is 0.109. The first-order chi connectivity index (χ1) is 8.58. The van der Waals surface area contributed by atoms with Gasteiger partial charge >= 0.3 is 0 Å². The number of hydrogen-bond acceptors (Lipinski definition) is 2. The van der Waals surface area contributed by atoms with E-state index in [-0.39, 0.29) is 5.78 Å². The van der Waals surface area contributed by atoms with Gasteiger partial charge in [0.1, 0.15) is 0 Å². The van der Waals surface area contributed by atoms with Crippen LogP contribution in [0, 0.1) is 6.92 Å². The zero-order chi connectivity index (χ0) is 13.1. The Balaban J connectivity index is 2.04. The molecule has 0 fully saturated rings. The molecule has 4 heteroatoms. The van der Waals surface area contributed by atoms with Crippen LogP contribution in [0.15, 0.2) is 30.5 Å². The number of hydrogen-bond donors (Lipinski definition) is 0. The summed E-state index contributed by atoms with van der Waals surface area (Å²) >= 11 is 6.02. The van der Waals surface area contributed by atoms with Gasteiger partial charge in [-0.2, -0.15) is 5.10 Å². The molecule has 0 amide bonds. The van der Waals surface area contributed by atoms with Crippen LogP contribution in [0.2, 0.25) is 5.02 Å². The predicted molar refractivity (Wildman–Crippen MR) is 72.0 cm³/mol. The van der Waals surface area contributed by atoms with E-state index in [0.717, 1.165) is 11.3 Å². The van der Waals surface area contributed by atoms with Gasteiger partial charge in [-0.15, -0.1) is 0 Å². The highest BCUT2D eigenvalue weighted by Crippen LogP contribution is 2.18. The number of carbonyl (C=O) groups excluding carboxylic acids is 1. The Morgan fingerprint density at radius 1 is 1.39 bits per heavy atom. The van der Waals surface area contributed by atoms with E-state index in [4.69, 9.17) is 11.6 Å². The quantitative estimate of drug-likeness (QED) is 0.793. The second kappa shape index (κ2) is 5.36. The molecule has 0 atom stereocenters. The summed E-state index contributed by atoms with van der Waals surface area (Å²) in [5.74, 6) is 0.109. The van der Waals surface area contributed by atoms with Crippen molar-refractivity contribution in [2.45, 2.75) is 19.8 Å². The average Bonchev–Trinajstić information content (AvgIpc) is 2.75. The number of ketones is 1. The van der Waals surface area contributed by atoms with Crippen molar-refractivity contribution in [3.63, 3.8) is 0 Å². The summed E-state index contributed by atoms with van der Waals surface area (Å²) in [5, 5.41) is 4.72. The van der Waals surface area contributed by atoms with E-state index in [0.29, 0.717) is 23.4 Å². The molecule has 1 aromatic carbocycles. The lowest BCUT2D eigenvalue weighted by Gasteiger charge is -2.04. The Kier molecular flexibility index (Phi) is 3.82. The van der Waals surface area contributed by atoms with Crippen LogP contribution in [-0.2, 0) is 13.5 Å². The number of aryl methyl sites for hydroxylation is 3. The summed E-state index contributed by atoms with van der Waals surface area (Å²) in [6, 6.07) is 7.37. The molecule has 0 aliphatic heterocycles. The summed E-state index contributed by atoms with van der Waals surface area (Å²) in [4.78, 5) is 12.0. The van der Waals surface area contributed by atoms with Gasteiger partial charge in [0.2, 0.25) is 0 Å². The Morgan fingerprint density at radius 3 is 2.78 bits per heavy atom. The third-order valence-electron chi connectivity index (χ3n) is 3.02. The number of benzene rings is 1. The molecule has 0 aliphatic rings. The molecule has 3 nitrogen and oxygen atoms in total. The van der Waals surface area contributed by atoms with E-state index >= 15 is 0 Å². The number of nitrogens with zero attached hydrogens (tertiary/aromatic N) is 2. The zero-order valence-electron chi connectivity index (χ0n) is 10.5. The fourth-order valence-corrected chi connectivity index (χ4v) is 1.98. The molecule has 2 rings (SSSR count). The Hall–Kier alpha value is -1.61. The second-order valence-electron chi connectivity index (χ2n) is 4.33. The lowest BCUT2D eigenvalue weighted by atomic mass is 10.0. The van der Waals surface area contributed by atoms with Gasteiger partial charge in [-0.1, -0.05) is 23.7 Å². The standard InChI is InChI=1S/C14H15ClN2O/c1-10-3-4-11(9-13(10)15)14(18)6-5-12-7-8-16-17(12)2/h3-4,7-9H,5-6H2,1-2H3. The van der Waals surface area contributed by atoms with E-state index in [2.05, 4.69) is 5.10 Å². The highest BCUT2D eigenvalue weighted by Gasteiger charge is 2.09. The van der Waals surface area contributed by atoms with Crippen molar-refractivity contribution in [3.8, 4) is 0 Å². The van der Waals surface area contributed by atoms with Crippen LogP contribution < -0.4 is 0 Å². The number of halogens is 1. The van der Waals surface area contributed by atoms with Crippen LogP contribution in [0.3, 0.4) is 0 Å². The maximum absolute atomic E-state index is 12.0. The smallest absolute Gasteiger partial charge is 0.163 e. The van der Waals surface area contributed by atoms with Gasteiger partial charge in [-0.05, 0) is 31.0 Å². The summed E-state index contributed by atoms with van der Waals surface area (Å²) in [5.41, 5.74) is 2.72. The van der Waals surface area contributed by atoms with Gasteiger partial charge in [0, 0.05) is 35.9 Å². The normalized spacial score (nSPS) is 10.6. The van der Waals surface area contributed by atoms with Crippen LogP contribution in [0.5, 0.6) is 0 Å². The molecular weight excluding hydrogens is 248 g/mol. The minimum Gasteiger partial charge on any atom is -0.294 e. The van der Waals surface area contributed by atoms with Crippen LogP contribution >= 0.6 is 11.6 Å². The fraction of sp³-hybridized carbons (Fsp3) is 0.286. The van der Waals surface area contributed by atoms with E-state index in [1.165, 1.54) is 0 Å². The second-order valence-corrected chi connectivity index (χ2v) is 4.74. The van der Waals surface area contributed by atoms with E-state index < -0.39 is 0 Å². The fourth-order valence-electron chi connectivity index (χ4n) is 1.80. The third-order valence-corrected chi connectivity index (χ3v) is 3.43. The molecule has 0 spiro atoms. The minimum atomic E-state index is 0.109. The monoisotopic (exact) mass is 262 g/mol. The molecule has 0 aliphatic carbocycles. The number of rotatable bonds is 4. The van der Waals surface area contributed by atoms with E-state index in [1.807, 2.05) is 32.2 Å². The summed E-state index contributed by atoms with van der Waals surface area (Å²) in [6.07, 6.45) is 2.91. The van der Waals surface area contributed by atoms with Crippen LogP contribution in [0.25, 0.3) is 0 Å². The first kappa shape index (κ1) is 12.8. The summed E-state index contributed by atoms with van der Waals surface area (Å²) in [7, 11) is 1.88. The average molecular weight is 263 g/mol. The van der Waals surface area contributed by atoms with Crippen molar-refractivity contribution >= 4 is 17.4 Å². The molecule has 0 N–H and O–H groups in total. The van der Waals surface area contributed by atoms with Gasteiger partial charge in [0.05, 0.1) is 0 Å². The van der Waals surface area contributed by atoms with Crippen molar-refractivity contribution in [2.24, 2.45) is 7.05 Å². The Labute approximate surface area is 111 Å². The first-order valence-electron chi connectivity index (χ1n) is 5.84. The van der Waals surface area contributed by atoms with Gasteiger partial charge in [0.15, 0.2) is 5.78 Å². The molecule has 94 valence electrons. The van der Waals surface area contributed by atoms with Crippen LogP contribution in [0.1, 0.15) is 28.0 Å². The van der Waals surface area contributed by atoms with Crippen molar-refractivity contribution in [2.75, 3.05) is 0 Å². The molecular formula is C14H15ClN2O. The number of aromatic nitrogens is 2. The third kappa shape index (κ3) is 2.79. The predicted octanol–water partition coefficient (Wildman–Crippen LogP) is 3.20. The zero-order valence-corrected chi connectivity index (χ0v) is 11.2. The van der Waals surface area contributed by atoms with Crippen molar-refractivity contribution in [3.05, 3.63) is 52.3 Å². The van der Waals surface area contributed by atoms with Gasteiger partial charge in [0.25, 0.3) is 0 Å². The van der Waals surface area contributed by atoms with Crippen molar-refractivity contribution < 1.29 is 4.79 Å². The van der Waals surface area contributed by atoms with Crippen molar-refractivity contribution in [1.82, 2.24) is 9.78 Å². The van der Waals surface area contributed by atoms with Gasteiger partial charge in [-0.3, -0.25) is 9.48 Å². The topological polar surface area (TPSA) is 34.9 Å². The lowest BCUT2D eigenvalue weighted by Crippen LogP contribution is -2.04.